The van der Waals surface area contributed by atoms with Crippen molar-refractivity contribution in [1.82, 2.24) is 0 Å². The molecular weight excluding hydrogens is 758 g/mol. The first-order chi connectivity index (χ1) is 30.3. The van der Waals surface area contributed by atoms with Gasteiger partial charge in [-0.3, -0.25) is 0 Å². The molecule has 0 spiro atoms. The highest BCUT2D eigenvalue weighted by molar-refractivity contribution is 8.02. The second-order valence-electron chi connectivity index (χ2n) is 16.0. The molecule has 9 aromatic rings. The van der Waals surface area contributed by atoms with Crippen LogP contribution in [0.4, 0.5) is 45.5 Å². The summed E-state index contributed by atoms with van der Waals surface area (Å²) in [4.78, 5) is 8.95. The largest absolute Gasteiger partial charge is 0.334 e. The van der Waals surface area contributed by atoms with Crippen LogP contribution < -0.4 is 25.6 Å². The van der Waals surface area contributed by atoms with Crippen molar-refractivity contribution in [1.29, 1.82) is 0 Å². The van der Waals surface area contributed by atoms with Crippen LogP contribution in [-0.4, -0.2) is 11.9 Å². The summed E-state index contributed by atoms with van der Waals surface area (Å²) in [5.74, 6) is 0. The predicted octanol–water partition coefficient (Wildman–Crippen LogP) is 13.8. The SMILES string of the molecule is c1ccc(-c2cc(-c3ccccc3)cc(N3c4cccc5c4B(c4ccc(N(c6ccccc6)c6ccccc6)cc4N5c4ccccc4)C4Sc5ccccc5C43)c2)cc1. The molecule has 9 aromatic carbocycles. The molecule has 12 rings (SSSR count). The molecule has 0 saturated heterocycles. The van der Waals surface area contributed by atoms with Gasteiger partial charge in [-0.2, -0.15) is 0 Å². The third kappa shape index (κ3) is 5.99. The fraction of sp³-hybridized carbons (Fsp3) is 0.0357. The van der Waals surface area contributed by atoms with Crippen molar-refractivity contribution >= 4 is 74.9 Å². The van der Waals surface area contributed by atoms with E-state index in [1.807, 2.05) is 0 Å². The number of thioether (sulfide) groups is 1. The molecule has 3 aliphatic heterocycles. The van der Waals surface area contributed by atoms with E-state index in [0.717, 1.165) is 22.7 Å². The summed E-state index contributed by atoms with van der Waals surface area (Å²) >= 11 is 2.05. The van der Waals surface area contributed by atoms with Crippen LogP contribution in [0.3, 0.4) is 0 Å². The molecule has 0 amide bonds. The highest BCUT2D eigenvalue weighted by Gasteiger charge is 2.53. The van der Waals surface area contributed by atoms with Crippen LogP contribution in [0.2, 0.25) is 0 Å². The van der Waals surface area contributed by atoms with Gasteiger partial charge in [0.15, 0.2) is 0 Å². The normalized spacial score (nSPS) is 15.7. The third-order valence-corrected chi connectivity index (χ3v) is 14.0. The van der Waals surface area contributed by atoms with Gasteiger partial charge in [-0.25, -0.2) is 0 Å². The minimum Gasteiger partial charge on any atom is -0.334 e. The molecule has 61 heavy (non-hydrogen) atoms. The van der Waals surface area contributed by atoms with Gasteiger partial charge in [-0.1, -0.05) is 146 Å². The molecule has 288 valence electrons. The first kappa shape index (κ1) is 35.7. The van der Waals surface area contributed by atoms with Gasteiger partial charge in [-0.05, 0) is 124 Å². The smallest absolute Gasteiger partial charge is 0.233 e. The van der Waals surface area contributed by atoms with E-state index in [2.05, 4.69) is 257 Å². The zero-order chi connectivity index (χ0) is 40.3. The van der Waals surface area contributed by atoms with Crippen molar-refractivity contribution in [3.63, 3.8) is 0 Å². The Morgan fingerprint density at radius 3 is 1.61 bits per heavy atom. The Bertz CT molecular complexity index is 2940. The maximum atomic E-state index is 2.69. The quantitative estimate of drug-likeness (QED) is 0.149. The highest BCUT2D eigenvalue weighted by atomic mass is 32.2. The monoisotopic (exact) mass is 797 g/mol. The lowest BCUT2D eigenvalue weighted by Gasteiger charge is -2.48. The second-order valence-corrected chi connectivity index (χ2v) is 17.3. The summed E-state index contributed by atoms with van der Waals surface area (Å²) in [6.07, 6.45) is 0. The summed E-state index contributed by atoms with van der Waals surface area (Å²) in [5.41, 5.74) is 18.4. The van der Waals surface area contributed by atoms with Crippen LogP contribution >= 0.6 is 11.8 Å². The second kappa shape index (κ2) is 14.8. The van der Waals surface area contributed by atoms with Crippen LogP contribution in [0.15, 0.2) is 235 Å². The van der Waals surface area contributed by atoms with E-state index >= 15 is 0 Å². The molecule has 3 heterocycles. The van der Waals surface area contributed by atoms with E-state index in [4.69, 9.17) is 0 Å². The van der Waals surface area contributed by atoms with E-state index in [1.54, 1.807) is 0 Å². The highest BCUT2D eigenvalue weighted by Crippen LogP contribution is 2.56. The average Bonchev–Trinajstić information content (AvgIpc) is 3.72. The molecule has 0 aliphatic carbocycles. The Labute approximate surface area is 362 Å². The number of hydrogen-bond donors (Lipinski definition) is 0. The first-order valence-electron chi connectivity index (χ1n) is 21.1. The fourth-order valence-electron chi connectivity index (χ4n) is 10.0. The van der Waals surface area contributed by atoms with Crippen molar-refractivity contribution in [3.05, 3.63) is 236 Å². The molecule has 2 atom stereocenters. The molecule has 3 nitrogen and oxygen atoms in total. The Morgan fingerprint density at radius 2 is 0.967 bits per heavy atom. The molecule has 0 N–H and O–H groups in total. The summed E-state index contributed by atoms with van der Waals surface area (Å²) in [7, 11) is 0. The molecular formula is C56H40BN3S. The van der Waals surface area contributed by atoms with Crippen molar-refractivity contribution in [2.24, 2.45) is 0 Å². The zero-order valence-corrected chi connectivity index (χ0v) is 34.2. The summed E-state index contributed by atoms with van der Waals surface area (Å²) < 4.78 is 0. The minimum absolute atomic E-state index is 0.101. The maximum absolute atomic E-state index is 2.69. The van der Waals surface area contributed by atoms with Gasteiger partial charge in [0, 0.05) is 55.5 Å². The Kier molecular flexibility index (Phi) is 8.67. The Hall–Kier alpha value is -7.21. The minimum atomic E-state index is 0.101. The molecule has 0 bridgehead atoms. The predicted molar refractivity (Wildman–Crippen MR) is 259 cm³/mol. The molecule has 0 radical (unpaired) electrons. The van der Waals surface area contributed by atoms with Crippen LogP contribution in [0.1, 0.15) is 11.6 Å². The number of fused-ring (bicyclic) bond motifs is 6. The van der Waals surface area contributed by atoms with Gasteiger partial charge < -0.3 is 14.7 Å². The van der Waals surface area contributed by atoms with Crippen molar-refractivity contribution in [3.8, 4) is 22.3 Å². The van der Waals surface area contributed by atoms with Gasteiger partial charge in [0.1, 0.15) is 0 Å². The number of nitrogens with zero attached hydrogens (tertiary/aromatic N) is 3. The lowest BCUT2D eigenvalue weighted by Crippen LogP contribution is -2.62. The molecule has 5 heteroatoms. The number of hydrogen-bond acceptors (Lipinski definition) is 4. The zero-order valence-electron chi connectivity index (χ0n) is 33.4. The van der Waals surface area contributed by atoms with Gasteiger partial charge in [-0.15, -0.1) is 11.8 Å². The lowest BCUT2D eigenvalue weighted by atomic mass is 9.33. The van der Waals surface area contributed by atoms with Crippen molar-refractivity contribution < 1.29 is 0 Å². The number of para-hydroxylation sites is 3. The van der Waals surface area contributed by atoms with Gasteiger partial charge in [0.2, 0.25) is 6.71 Å². The first-order valence-corrected chi connectivity index (χ1v) is 22.0. The van der Waals surface area contributed by atoms with Crippen molar-refractivity contribution in [2.45, 2.75) is 16.1 Å². The molecule has 0 fully saturated rings. The van der Waals surface area contributed by atoms with Crippen LogP contribution in [-0.2, 0) is 0 Å². The summed E-state index contributed by atoms with van der Waals surface area (Å²) in [6.45, 7) is 0.140. The van der Waals surface area contributed by atoms with Crippen molar-refractivity contribution in [2.75, 3.05) is 14.7 Å². The molecule has 3 aliphatic rings. The number of anilines is 8. The number of benzene rings is 9. The van der Waals surface area contributed by atoms with Gasteiger partial charge >= 0.3 is 0 Å². The van der Waals surface area contributed by atoms with Crippen LogP contribution in [0.25, 0.3) is 22.3 Å². The van der Waals surface area contributed by atoms with Crippen LogP contribution in [0.5, 0.6) is 0 Å². The Morgan fingerprint density at radius 1 is 0.410 bits per heavy atom. The van der Waals surface area contributed by atoms with Crippen LogP contribution in [0, 0.1) is 0 Å². The summed E-state index contributed by atoms with van der Waals surface area (Å²) in [5, 5.41) is 0.216. The number of rotatable bonds is 7. The summed E-state index contributed by atoms with van der Waals surface area (Å²) in [6, 6.07) is 84.7. The molecule has 0 aromatic heterocycles. The standard InChI is InChI=1S/C56H40BN3S/c1-6-19-39(20-7-1)41-35-42(40-21-8-2-9-22-40)37-47(36-41)60-51-31-18-30-50-54(51)57(56-55(60)48-29-16-17-32-53(48)61-56)49-34-33-46(38-52(49)59(50)45-27-14-5-15-28-45)58(43-23-10-3-11-24-43)44-25-12-4-13-26-44/h1-38,55-56H. The molecule has 0 saturated carbocycles. The van der Waals surface area contributed by atoms with E-state index in [0.29, 0.717) is 0 Å². The fourth-order valence-corrected chi connectivity index (χ4v) is 11.6. The topological polar surface area (TPSA) is 9.72 Å². The van der Waals surface area contributed by atoms with E-state index < -0.39 is 0 Å². The third-order valence-electron chi connectivity index (χ3n) is 12.6. The average molecular weight is 798 g/mol. The maximum Gasteiger partial charge on any atom is 0.233 e. The Balaban J connectivity index is 1.11. The van der Waals surface area contributed by atoms with Gasteiger partial charge in [0.05, 0.1) is 6.04 Å². The van der Waals surface area contributed by atoms with E-state index in [9.17, 15) is 0 Å². The van der Waals surface area contributed by atoms with E-state index in [-0.39, 0.29) is 17.9 Å². The van der Waals surface area contributed by atoms with Gasteiger partial charge in [0.25, 0.3) is 0 Å². The van der Waals surface area contributed by atoms with E-state index in [1.165, 1.54) is 66.4 Å². The molecule has 2 unspecified atom stereocenters. The lowest BCUT2D eigenvalue weighted by molar-refractivity contribution is 0.746.